The van der Waals surface area contributed by atoms with Gasteiger partial charge in [-0.3, -0.25) is 4.79 Å². The zero-order valence-corrected chi connectivity index (χ0v) is 20.3. The smallest absolute Gasteiger partial charge is 0.293 e. The predicted octanol–water partition coefficient (Wildman–Crippen LogP) is 7.57. The van der Waals surface area contributed by atoms with E-state index in [0.29, 0.717) is 17.3 Å². The topological polar surface area (TPSA) is 26.3 Å². The molecule has 30 heavy (non-hydrogen) atoms. The van der Waals surface area contributed by atoms with E-state index in [4.69, 9.17) is 4.74 Å². The summed E-state index contributed by atoms with van der Waals surface area (Å²) >= 11 is 0. The molecule has 170 valence electrons. The molecule has 4 aliphatic rings. The molecule has 0 radical (unpaired) electrons. The molecule has 0 aromatic heterocycles. The Morgan fingerprint density at radius 3 is 2.60 bits per heavy atom. The number of hydrogen-bond donors (Lipinski definition) is 0. The van der Waals surface area contributed by atoms with Gasteiger partial charge in [-0.1, -0.05) is 65.5 Å². The summed E-state index contributed by atoms with van der Waals surface area (Å²) in [6.45, 7) is 13.2. The van der Waals surface area contributed by atoms with Crippen LogP contribution < -0.4 is 0 Å². The van der Waals surface area contributed by atoms with Crippen LogP contribution in [0.5, 0.6) is 0 Å². The fourth-order valence-electron chi connectivity index (χ4n) is 8.85. The van der Waals surface area contributed by atoms with E-state index in [-0.39, 0.29) is 6.10 Å². The van der Waals surface area contributed by atoms with Crippen molar-refractivity contribution >= 4 is 6.47 Å². The van der Waals surface area contributed by atoms with E-state index in [0.717, 1.165) is 48.3 Å². The van der Waals surface area contributed by atoms with Crippen molar-refractivity contribution in [1.82, 2.24) is 0 Å². The molecule has 0 bridgehead atoms. The molecule has 0 unspecified atom stereocenters. The third-order valence-corrected chi connectivity index (χ3v) is 10.5. The highest BCUT2D eigenvalue weighted by molar-refractivity contribution is 5.38. The second-order valence-corrected chi connectivity index (χ2v) is 12.4. The van der Waals surface area contributed by atoms with Gasteiger partial charge in [-0.15, -0.1) is 0 Å². The van der Waals surface area contributed by atoms with Crippen molar-refractivity contribution < 1.29 is 9.53 Å². The fourth-order valence-corrected chi connectivity index (χ4v) is 8.85. The molecule has 0 amide bonds. The molecule has 0 aromatic rings. The molecule has 4 rings (SSSR count). The van der Waals surface area contributed by atoms with Gasteiger partial charge in [-0.25, -0.2) is 0 Å². The molecule has 3 fully saturated rings. The monoisotopic (exact) mass is 414 g/mol. The Kier molecular flexibility index (Phi) is 6.44. The Morgan fingerprint density at radius 1 is 1.07 bits per heavy atom. The van der Waals surface area contributed by atoms with Crippen molar-refractivity contribution in [3.63, 3.8) is 0 Å². The zero-order valence-electron chi connectivity index (χ0n) is 20.3. The van der Waals surface area contributed by atoms with Crippen LogP contribution in [0.4, 0.5) is 0 Å². The Hall–Kier alpha value is -0.790. The number of hydrogen-bond acceptors (Lipinski definition) is 2. The summed E-state index contributed by atoms with van der Waals surface area (Å²) in [5.74, 6) is 5.32. The number of ether oxygens (including phenoxy) is 1. The SMILES string of the molecule is CC(C)CCC[C@@H](C)[C@H]1CC[C@H]2[C@@H]3CC=C4C[C@@H](OC=O)CC[C@]4(C)[C@H]3CC[C@]12C. The minimum absolute atomic E-state index is 0.120. The van der Waals surface area contributed by atoms with Crippen molar-refractivity contribution in [2.45, 2.75) is 111 Å². The van der Waals surface area contributed by atoms with Crippen LogP contribution in [0.1, 0.15) is 105 Å². The normalized spacial score (nSPS) is 43.9. The van der Waals surface area contributed by atoms with Gasteiger partial charge in [0.2, 0.25) is 0 Å². The lowest BCUT2D eigenvalue weighted by atomic mass is 9.47. The lowest BCUT2D eigenvalue weighted by molar-refractivity contribution is -0.136. The van der Waals surface area contributed by atoms with Crippen LogP contribution in [0, 0.1) is 46.3 Å². The van der Waals surface area contributed by atoms with Gasteiger partial charge in [0.05, 0.1) is 0 Å². The molecule has 0 saturated heterocycles. The quantitative estimate of drug-likeness (QED) is 0.317. The first-order valence-corrected chi connectivity index (χ1v) is 13.1. The largest absolute Gasteiger partial charge is 0.464 e. The highest BCUT2D eigenvalue weighted by Gasteiger charge is 2.59. The van der Waals surface area contributed by atoms with Gasteiger partial charge in [0, 0.05) is 6.42 Å². The van der Waals surface area contributed by atoms with E-state index in [9.17, 15) is 4.79 Å². The van der Waals surface area contributed by atoms with Crippen LogP contribution in [0.15, 0.2) is 11.6 Å². The second-order valence-electron chi connectivity index (χ2n) is 12.4. The number of fused-ring (bicyclic) bond motifs is 5. The van der Waals surface area contributed by atoms with Crippen LogP contribution in [0.2, 0.25) is 0 Å². The van der Waals surface area contributed by atoms with E-state index >= 15 is 0 Å². The molecule has 0 spiro atoms. The van der Waals surface area contributed by atoms with Gasteiger partial charge in [0.25, 0.3) is 6.47 Å². The van der Waals surface area contributed by atoms with Crippen molar-refractivity contribution in [2.24, 2.45) is 46.3 Å². The molecular formula is C28H46O2. The summed E-state index contributed by atoms with van der Waals surface area (Å²) in [5, 5.41) is 0. The second kappa shape index (κ2) is 8.62. The number of rotatable bonds is 7. The highest BCUT2D eigenvalue weighted by atomic mass is 16.5. The van der Waals surface area contributed by atoms with Gasteiger partial charge < -0.3 is 4.74 Å². The van der Waals surface area contributed by atoms with E-state index in [1.54, 1.807) is 5.57 Å². The van der Waals surface area contributed by atoms with Gasteiger partial charge in [-0.2, -0.15) is 0 Å². The first-order chi connectivity index (χ1) is 14.3. The molecular weight excluding hydrogens is 368 g/mol. The molecule has 2 nitrogen and oxygen atoms in total. The van der Waals surface area contributed by atoms with Crippen LogP contribution >= 0.6 is 0 Å². The Morgan fingerprint density at radius 2 is 1.87 bits per heavy atom. The highest BCUT2D eigenvalue weighted by Crippen LogP contribution is 2.67. The van der Waals surface area contributed by atoms with Crippen LogP contribution in [0.25, 0.3) is 0 Å². The molecule has 0 aliphatic heterocycles. The summed E-state index contributed by atoms with van der Waals surface area (Å²) in [4.78, 5) is 10.8. The first-order valence-electron chi connectivity index (χ1n) is 13.1. The van der Waals surface area contributed by atoms with Crippen LogP contribution in [-0.4, -0.2) is 12.6 Å². The Labute approximate surface area is 185 Å². The van der Waals surface area contributed by atoms with Crippen LogP contribution in [-0.2, 0) is 9.53 Å². The minimum Gasteiger partial charge on any atom is -0.464 e. The minimum atomic E-state index is 0.120. The van der Waals surface area contributed by atoms with Crippen molar-refractivity contribution in [3.05, 3.63) is 11.6 Å². The first kappa shape index (κ1) is 22.4. The standard InChI is InChI=1S/C28H46O2/c1-19(2)7-6-8-20(3)24-11-12-25-23-10-9-21-17-22(30-18-29)13-15-27(21,4)26(23)14-16-28(24,25)5/h9,18-20,22-26H,6-8,10-17H2,1-5H3/t20-,22+,23+,24-,25+,26+,27+,28-/m1/s1. The lowest BCUT2D eigenvalue weighted by Crippen LogP contribution is -2.51. The van der Waals surface area contributed by atoms with E-state index in [2.05, 4.69) is 40.7 Å². The van der Waals surface area contributed by atoms with E-state index in [1.165, 1.54) is 57.8 Å². The summed E-state index contributed by atoms with van der Waals surface area (Å²) < 4.78 is 5.36. The average Bonchev–Trinajstić information content (AvgIpc) is 3.05. The molecule has 0 heterocycles. The van der Waals surface area contributed by atoms with Gasteiger partial charge in [0.1, 0.15) is 6.10 Å². The van der Waals surface area contributed by atoms with E-state index < -0.39 is 0 Å². The lowest BCUT2D eigenvalue weighted by Gasteiger charge is -2.58. The number of carbonyl (C=O) groups is 1. The number of allylic oxidation sites excluding steroid dienone is 1. The number of carbonyl (C=O) groups excluding carboxylic acids is 1. The fraction of sp³-hybridized carbons (Fsp3) is 0.893. The zero-order chi connectivity index (χ0) is 21.5. The molecule has 4 aliphatic carbocycles. The van der Waals surface area contributed by atoms with Crippen molar-refractivity contribution in [2.75, 3.05) is 0 Å². The maximum Gasteiger partial charge on any atom is 0.293 e. The molecule has 0 N–H and O–H groups in total. The molecule has 0 aromatic carbocycles. The molecule has 3 saturated carbocycles. The Bertz CT molecular complexity index is 651. The van der Waals surface area contributed by atoms with Crippen molar-refractivity contribution in [3.8, 4) is 0 Å². The Balaban J connectivity index is 1.47. The van der Waals surface area contributed by atoms with Gasteiger partial charge in [0.15, 0.2) is 0 Å². The summed E-state index contributed by atoms with van der Waals surface area (Å²) in [7, 11) is 0. The summed E-state index contributed by atoms with van der Waals surface area (Å²) in [5.41, 5.74) is 2.54. The van der Waals surface area contributed by atoms with Gasteiger partial charge in [-0.05, 0) is 91.3 Å². The average molecular weight is 415 g/mol. The maximum absolute atomic E-state index is 10.8. The summed E-state index contributed by atoms with van der Waals surface area (Å²) in [6, 6.07) is 0. The van der Waals surface area contributed by atoms with Gasteiger partial charge >= 0.3 is 0 Å². The summed E-state index contributed by atoms with van der Waals surface area (Å²) in [6.07, 6.45) is 17.2. The molecule has 2 heteroatoms. The molecule has 8 atom stereocenters. The third kappa shape index (κ3) is 3.79. The van der Waals surface area contributed by atoms with Crippen molar-refractivity contribution in [1.29, 1.82) is 0 Å². The predicted molar refractivity (Wildman–Crippen MR) is 124 cm³/mol. The van der Waals surface area contributed by atoms with Crippen LogP contribution in [0.3, 0.4) is 0 Å². The van der Waals surface area contributed by atoms with E-state index in [1.807, 2.05) is 0 Å². The third-order valence-electron chi connectivity index (χ3n) is 10.5. The maximum atomic E-state index is 10.8.